The highest BCUT2D eigenvalue weighted by Crippen LogP contribution is 2.04. The first kappa shape index (κ1) is 12.6. The molecule has 0 amide bonds. The molecule has 2 aromatic rings. The van der Waals surface area contributed by atoms with E-state index in [1.54, 1.807) is 24.3 Å². The van der Waals surface area contributed by atoms with Gasteiger partial charge >= 0.3 is 5.69 Å². The van der Waals surface area contributed by atoms with Gasteiger partial charge in [0.15, 0.2) is 0 Å². The van der Waals surface area contributed by atoms with Crippen molar-refractivity contribution in [3.8, 4) is 0 Å². The summed E-state index contributed by atoms with van der Waals surface area (Å²) in [6.07, 6.45) is 0.704. The Morgan fingerprint density at radius 1 is 1.33 bits per heavy atom. The largest absolute Gasteiger partial charge is 0.391 e. The van der Waals surface area contributed by atoms with Crippen LogP contribution in [0.2, 0.25) is 0 Å². The number of nitrogens with one attached hydrogen (secondary N) is 1. The third-order valence-corrected chi connectivity index (χ3v) is 2.90. The number of benzene rings is 1. The average molecular weight is 248 g/mol. The SMILES string of the molecule is CCCC(O)Cn1c(=O)[nH]c2ccccc2c1=O. The Morgan fingerprint density at radius 3 is 2.78 bits per heavy atom. The Morgan fingerprint density at radius 2 is 2.06 bits per heavy atom. The number of hydrogen-bond acceptors (Lipinski definition) is 3. The number of aromatic nitrogens is 2. The molecule has 1 aromatic heterocycles. The molecule has 1 unspecified atom stereocenters. The predicted octanol–water partition coefficient (Wildman–Crippen LogP) is 0.851. The van der Waals surface area contributed by atoms with Gasteiger partial charge in [-0.05, 0) is 18.6 Å². The fraction of sp³-hybridized carbons (Fsp3) is 0.385. The van der Waals surface area contributed by atoms with Crippen LogP contribution in [0.25, 0.3) is 10.9 Å². The highest BCUT2D eigenvalue weighted by atomic mass is 16.3. The second kappa shape index (κ2) is 5.18. The number of nitrogens with zero attached hydrogens (tertiary/aromatic N) is 1. The number of aromatic amines is 1. The first-order chi connectivity index (χ1) is 8.63. The van der Waals surface area contributed by atoms with Crippen LogP contribution < -0.4 is 11.2 Å². The zero-order valence-electron chi connectivity index (χ0n) is 10.2. The molecule has 0 radical (unpaired) electrons. The summed E-state index contributed by atoms with van der Waals surface area (Å²) in [7, 11) is 0. The Balaban J connectivity index is 2.51. The minimum absolute atomic E-state index is 0.0346. The van der Waals surface area contributed by atoms with Crippen LogP contribution in [0.5, 0.6) is 0 Å². The van der Waals surface area contributed by atoms with Gasteiger partial charge in [-0.25, -0.2) is 4.79 Å². The molecule has 18 heavy (non-hydrogen) atoms. The molecule has 1 heterocycles. The molecular weight excluding hydrogens is 232 g/mol. The van der Waals surface area contributed by atoms with Crippen LogP contribution in [0.15, 0.2) is 33.9 Å². The molecule has 5 heteroatoms. The van der Waals surface area contributed by atoms with E-state index >= 15 is 0 Å². The van der Waals surface area contributed by atoms with Crippen molar-refractivity contribution in [1.29, 1.82) is 0 Å². The van der Waals surface area contributed by atoms with Gasteiger partial charge in [-0.3, -0.25) is 9.36 Å². The van der Waals surface area contributed by atoms with Gasteiger partial charge in [-0.2, -0.15) is 0 Å². The summed E-state index contributed by atoms with van der Waals surface area (Å²) in [6, 6.07) is 6.85. The van der Waals surface area contributed by atoms with E-state index in [1.807, 2.05) is 6.92 Å². The summed E-state index contributed by atoms with van der Waals surface area (Å²) in [6.45, 7) is 1.98. The minimum atomic E-state index is -0.671. The van der Waals surface area contributed by atoms with Crippen molar-refractivity contribution in [2.24, 2.45) is 0 Å². The number of para-hydroxylation sites is 1. The molecule has 0 saturated carbocycles. The quantitative estimate of drug-likeness (QED) is 0.842. The van der Waals surface area contributed by atoms with Crippen LogP contribution >= 0.6 is 0 Å². The molecule has 2 rings (SSSR count). The summed E-state index contributed by atoms with van der Waals surface area (Å²) in [4.78, 5) is 26.6. The van der Waals surface area contributed by atoms with E-state index in [1.165, 1.54) is 0 Å². The van der Waals surface area contributed by atoms with Crippen molar-refractivity contribution in [2.45, 2.75) is 32.4 Å². The van der Waals surface area contributed by atoms with Crippen LogP contribution in [0, 0.1) is 0 Å². The summed E-state index contributed by atoms with van der Waals surface area (Å²) in [5, 5.41) is 10.2. The van der Waals surface area contributed by atoms with E-state index in [2.05, 4.69) is 4.98 Å². The van der Waals surface area contributed by atoms with Gasteiger partial charge in [-0.15, -0.1) is 0 Å². The zero-order chi connectivity index (χ0) is 13.1. The van der Waals surface area contributed by atoms with Gasteiger partial charge in [0, 0.05) is 0 Å². The standard InChI is InChI=1S/C13H16N2O3/c1-2-5-9(16)8-15-12(17)10-6-3-4-7-11(10)14-13(15)18/h3-4,6-7,9,16H,2,5,8H2,1H3,(H,14,18). The van der Waals surface area contributed by atoms with Crippen molar-refractivity contribution in [3.63, 3.8) is 0 Å². The van der Waals surface area contributed by atoms with Crippen molar-refractivity contribution < 1.29 is 5.11 Å². The van der Waals surface area contributed by atoms with Crippen LogP contribution in [-0.2, 0) is 6.54 Å². The Kier molecular flexibility index (Phi) is 3.62. The molecule has 1 aromatic carbocycles. The number of hydrogen-bond donors (Lipinski definition) is 2. The molecule has 0 aliphatic carbocycles. The molecule has 0 fully saturated rings. The van der Waals surface area contributed by atoms with E-state index in [0.29, 0.717) is 17.3 Å². The van der Waals surface area contributed by atoms with Gasteiger partial charge in [0.1, 0.15) is 0 Å². The number of fused-ring (bicyclic) bond motifs is 1. The fourth-order valence-corrected chi connectivity index (χ4v) is 2.00. The van der Waals surface area contributed by atoms with E-state index in [-0.39, 0.29) is 12.1 Å². The molecule has 1 atom stereocenters. The average Bonchev–Trinajstić information content (AvgIpc) is 2.35. The highest BCUT2D eigenvalue weighted by Gasteiger charge is 2.10. The Hall–Kier alpha value is -1.88. The first-order valence-corrected chi connectivity index (χ1v) is 6.03. The Labute approximate surface area is 104 Å². The predicted molar refractivity (Wildman–Crippen MR) is 69.7 cm³/mol. The molecular formula is C13H16N2O3. The number of H-pyrrole nitrogens is 1. The van der Waals surface area contributed by atoms with E-state index in [0.717, 1.165) is 11.0 Å². The highest BCUT2D eigenvalue weighted by molar-refractivity contribution is 5.76. The lowest BCUT2D eigenvalue weighted by Crippen LogP contribution is -2.38. The third-order valence-electron chi connectivity index (χ3n) is 2.90. The lowest BCUT2D eigenvalue weighted by molar-refractivity contribution is 0.140. The molecule has 96 valence electrons. The van der Waals surface area contributed by atoms with Crippen LogP contribution in [0.3, 0.4) is 0 Å². The van der Waals surface area contributed by atoms with Crippen LogP contribution in [-0.4, -0.2) is 20.8 Å². The van der Waals surface area contributed by atoms with Crippen LogP contribution in [0.4, 0.5) is 0 Å². The van der Waals surface area contributed by atoms with Gasteiger partial charge in [0.05, 0.1) is 23.6 Å². The topological polar surface area (TPSA) is 75.1 Å². The van der Waals surface area contributed by atoms with E-state index in [4.69, 9.17) is 0 Å². The second-order valence-corrected chi connectivity index (χ2v) is 4.33. The molecule has 0 bridgehead atoms. The van der Waals surface area contributed by atoms with E-state index < -0.39 is 11.8 Å². The summed E-state index contributed by atoms with van der Waals surface area (Å²) in [5.41, 5.74) is -0.313. The monoisotopic (exact) mass is 248 g/mol. The van der Waals surface area contributed by atoms with Gasteiger partial charge in [0.25, 0.3) is 5.56 Å². The van der Waals surface area contributed by atoms with Crippen molar-refractivity contribution >= 4 is 10.9 Å². The first-order valence-electron chi connectivity index (χ1n) is 6.03. The summed E-state index contributed by atoms with van der Waals surface area (Å²) < 4.78 is 1.06. The van der Waals surface area contributed by atoms with Gasteiger partial charge in [-0.1, -0.05) is 25.5 Å². The molecule has 5 nitrogen and oxygen atoms in total. The maximum absolute atomic E-state index is 12.1. The molecule has 0 aliphatic rings. The summed E-state index contributed by atoms with van der Waals surface area (Å²) in [5.74, 6) is 0. The van der Waals surface area contributed by atoms with Crippen molar-refractivity contribution in [2.75, 3.05) is 0 Å². The number of aliphatic hydroxyl groups excluding tert-OH is 1. The number of rotatable bonds is 4. The normalized spacial score (nSPS) is 12.8. The maximum Gasteiger partial charge on any atom is 0.328 e. The molecule has 0 saturated heterocycles. The second-order valence-electron chi connectivity index (χ2n) is 4.33. The number of aliphatic hydroxyl groups is 1. The van der Waals surface area contributed by atoms with Gasteiger partial charge < -0.3 is 10.1 Å². The smallest absolute Gasteiger partial charge is 0.328 e. The lowest BCUT2D eigenvalue weighted by atomic mass is 10.2. The zero-order valence-corrected chi connectivity index (χ0v) is 10.2. The van der Waals surface area contributed by atoms with Crippen molar-refractivity contribution in [1.82, 2.24) is 9.55 Å². The molecule has 0 spiro atoms. The minimum Gasteiger partial charge on any atom is -0.391 e. The van der Waals surface area contributed by atoms with E-state index in [9.17, 15) is 14.7 Å². The lowest BCUT2D eigenvalue weighted by Gasteiger charge is -2.11. The maximum atomic E-state index is 12.1. The van der Waals surface area contributed by atoms with Crippen LogP contribution in [0.1, 0.15) is 19.8 Å². The fourth-order valence-electron chi connectivity index (χ4n) is 2.00. The molecule has 0 aliphatic heterocycles. The third kappa shape index (κ3) is 2.36. The van der Waals surface area contributed by atoms with Gasteiger partial charge in [0.2, 0.25) is 0 Å². The summed E-state index contributed by atoms with van der Waals surface area (Å²) >= 11 is 0. The van der Waals surface area contributed by atoms with Crippen molar-refractivity contribution in [3.05, 3.63) is 45.1 Å². The molecule has 2 N–H and O–H groups in total. The Bertz CT molecular complexity index is 657.